The number of carbonyl (C=O) groups excluding carboxylic acids is 1. The molecular weight excluding hydrogens is 470 g/mol. The van der Waals surface area contributed by atoms with Gasteiger partial charge in [0.25, 0.3) is 5.91 Å². The van der Waals surface area contributed by atoms with Crippen LogP contribution >= 0.6 is 27.5 Å². The molecule has 3 aromatic rings. The normalized spacial score (nSPS) is 19.2. The molecule has 0 fully saturated rings. The van der Waals surface area contributed by atoms with Gasteiger partial charge in [-0.15, -0.1) is 0 Å². The van der Waals surface area contributed by atoms with Crippen molar-refractivity contribution in [3.8, 4) is 0 Å². The maximum Gasteiger partial charge on any atom is 0.406 e. The zero-order chi connectivity index (χ0) is 20.4. The van der Waals surface area contributed by atoms with E-state index in [2.05, 4.69) is 26.2 Å². The van der Waals surface area contributed by atoms with Crippen LogP contribution < -0.4 is 5.32 Å². The Morgan fingerprint density at radius 3 is 2.71 bits per heavy atom. The van der Waals surface area contributed by atoms with Crippen LogP contribution in [0.25, 0.3) is 11.0 Å². The number of amides is 1. The van der Waals surface area contributed by atoms with Crippen LogP contribution in [0, 0.1) is 5.82 Å². The van der Waals surface area contributed by atoms with Gasteiger partial charge < -0.3 is 15.0 Å². The molecule has 11 heteroatoms. The largest absolute Gasteiger partial charge is 0.406 e. The van der Waals surface area contributed by atoms with E-state index in [0.29, 0.717) is 0 Å². The Kier molecular flexibility index (Phi) is 4.22. The number of nitrogens with one attached hydrogen (secondary N) is 1. The van der Waals surface area contributed by atoms with E-state index >= 15 is 0 Å². The Bertz CT molecular complexity index is 1150. The number of rotatable bonds is 2. The fourth-order valence-corrected chi connectivity index (χ4v) is 4.28. The highest BCUT2D eigenvalue weighted by molar-refractivity contribution is 9.10. The summed E-state index contributed by atoms with van der Waals surface area (Å²) in [5, 5.41) is 13.5. The molecule has 146 valence electrons. The number of carbonyl (C=O) groups is 1. The van der Waals surface area contributed by atoms with Crippen molar-refractivity contribution in [3.63, 3.8) is 0 Å². The van der Waals surface area contributed by atoms with Gasteiger partial charge in [-0.3, -0.25) is 4.79 Å². The molecule has 4 rings (SSSR count). The molecule has 0 aliphatic carbocycles. The molecule has 1 amide bonds. The van der Waals surface area contributed by atoms with Gasteiger partial charge in [0.15, 0.2) is 5.72 Å². The van der Waals surface area contributed by atoms with E-state index in [9.17, 15) is 27.5 Å². The Morgan fingerprint density at radius 2 is 2.04 bits per heavy atom. The van der Waals surface area contributed by atoms with E-state index in [1.807, 2.05) is 0 Å². The Labute approximate surface area is 168 Å². The van der Waals surface area contributed by atoms with Crippen LogP contribution in [0.2, 0.25) is 5.02 Å². The van der Waals surface area contributed by atoms with Gasteiger partial charge in [-0.05, 0) is 24.3 Å². The number of hydrogen-bond acceptors (Lipinski definition) is 3. The highest BCUT2D eigenvalue weighted by Crippen LogP contribution is 2.44. The van der Waals surface area contributed by atoms with E-state index in [0.717, 1.165) is 23.0 Å². The minimum atomic E-state index is -4.49. The summed E-state index contributed by atoms with van der Waals surface area (Å²) < 4.78 is 53.1. The average Bonchev–Trinajstić information content (AvgIpc) is 3.08. The number of aliphatic hydroxyl groups is 1. The van der Waals surface area contributed by atoms with Crippen molar-refractivity contribution in [2.75, 3.05) is 0 Å². The zero-order valence-corrected chi connectivity index (χ0v) is 16.0. The van der Waals surface area contributed by atoms with Gasteiger partial charge in [0.2, 0.25) is 0 Å². The van der Waals surface area contributed by atoms with Crippen LogP contribution in [0.1, 0.15) is 21.5 Å². The second-order valence-electron chi connectivity index (χ2n) is 6.25. The van der Waals surface area contributed by atoms with Gasteiger partial charge in [-0.1, -0.05) is 27.5 Å². The maximum absolute atomic E-state index is 13.7. The van der Waals surface area contributed by atoms with E-state index in [4.69, 9.17) is 11.6 Å². The summed E-state index contributed by atoms with van der Waals surface area (Å²) in [6.45, 7) is -1.30. The molecule has 2 heterocycles. The minimum Gasteiger partial charge on any atom is -0.363 e. The fraction of sp³-hybridized carbons (Fsp3) is 0.176. The van der Waals surface area contributed by atoms with Crippen LogP contribution in [0.5, 0.6) is 0 Å². The Balaban J connectivity index is 1.98. The third kappa shape index (κ3) is 2.87. The van der Waals surface area contributed by atoms with E-state index in [1.54, 1.807) is 0 Å². The van der Waals surface area contributed by atoms with Crippen molar-refractivity contribution in [2.24, 2.45) is 0 Å². The summed E-state index contributed by atoms with van der Waals surface area (Å²) in [4.78, 5) is 16.5. The number of imidazole rings is 1. The van der Waals surface area contributed by atoms with Crippen molar-refractivity contribution < 1.29 is 27.5 Å². The number of hydrogen-bond donors (Lipinski definition) is 2. The lowest BCUT2D eigenvalue weighted by Crippen LogP contribution is -2.40. The summed E-state index contributed by atoms with van der Waals surface area (Å²) in [6, 6.07) is 4.59. The second kappa shape index (κ2) is 6.16. The number of nitrogens with zero attached hydrogens (tertiary/aromatic N) is 2. The van der Waals surface area contributed by atoms with Gasteiger partial charge in [-0.25, -0.2) is 9.37 Å². The third-order valence-corrected chi connectivity index (χ3v) is 5.37. The van der Waals surface area contributed by atoms with Crippen molar-refractivity contribution in [1.82, 2.24) is 14.9 Å². The molecule has 1 aliphatic heterocycles. The summed E-state index contributed by atoms with van der Waals surface area (Å²) >= 11 is 9.29. The summed E-state index contributed by atoms with van der Waals surface area (Å²) in [5.74, 6) is -1.47. The molecule has 28 heavy (non-hydrogen) atoms. The summed E-state index contributed by atoms with van der Waals surface area (Å²) in [5.41, 5.74) is -2.40. The number of aromatic nitrogens is 2. The highest BCUT2D eigenvalue weighted by atomic mass is 79.9. The van der Waals surface area contributed by atoms with Crippen LogP contribution in [0.4, 0.5) is 17.6 Å². The predicted octanol–water partition coefficient (Wildman–Crippen LogP) is 4.09. The number of benzene rings is 2. The molecule has 2 N–H and O–H groups in total. The van der Waals surface area contributed by atoms with Gasteiger partial charge in [0, 0.05) is 20.6 Å². The minimum absolute atomic E-state index is 0.00485. The van der Waals surface area contributed by atoms with Gasteiger partial charge in [0.05, 0.1) is 17.4 Å². The summed E-state index contributed by atoms with van der Waals surface area (Å²) in [6.07, 6.45) is -3.53. The Morgan fingerprint density at radius 1 is 1.32 bits per heavy atom. The molecule has 2 aromatic carbocycles. The molecule has 0 spiro atoms. The fourth-order valence-electron chi connectivity index (χ4n) is 3.33. The molecule has 0 saturated carbocycles. The van der Waals surface area contributed by atoms with E-state index in [-0.39, 0.29) is 37.2 Å². The van der Waals surface area contributed by atoms with Crippen LogP contribution in [-0.2, 0) is 12.3 Å². The molecule has 0 bridgehead atoms. The van der Waals surface area contributed by atoms with Gasteiger partial charge in [-0.2, -0.15) is 13.2 Å². The molecule has 1 atom stereocenters. The lowest BCUT2D eigenvalue weighted by Gasteiger charge is -2.26. The van der Waals surface area contributed by atoms with Crippen molar-refractivity contribution >= 4 is 44.5 Å². The molecule has 0 saturated heterocycles. The first-order chi connectivity index (χ1) is 13.0. The van der Waals surface area contributed by atoms with Crippen molar-refractivity contribution in [2.45, 2.75) is 18.4 Å². The molecule has 1 unspecified atom stereocenters. The standard InChI is InChI=1S/C17H9BrClF4N3O2/c18-9-4-11-14(24-6-26(11)5-16(21,22)23)12-13(9)17(28,25-15(12)27)8-3-7(20)1-2-10(8)19/h1-4,6,28H,5H2,(H,25,27). The molecule has 5 nitrogen and oxygen atoms in total. The average molecular weight is 479 g/mol. The molecule has 0 radical (unpaired) electrons. The Hall–Kier alpha value is -2.17. The van der Waals surface area contributed by atoms with E-state index < -0.39 is 30.2 Å². The molecule has 1 aromatic heterocycles. The maximum atomic E-state index is 13.7. The van der Waals surface area contributed by atoms with Crippen molar-refractivity contribution in [3.05, 3.63) is 62.6 Å². The smallest absolute Gasteiger partial charge is 0.363 e. The van der Waals surface area contributed by atoms with Gasteiger partial charge >= 0.3 is 6.18 Å². The quantitative estimate of drug-likeness (QED) is 0.545. The van der Waals surface area contributed by atoms with Crippen LogP contribution in [-0.4, -0.2) is 26.7 Å². The highest BCUT2D eigenvalue weighted by Gasteiger charge is 2.47. The lowest BCUT2D eigenvalue weighted by molar-refractivity contribution is -0.139. The van der Waals surface area contributed by atoms with Crippen molar-refractivity contribution in [1.29, 1.82) is 0 Å². The first kappa shape index (κ1) is 19.2. The third-order valence-electron chi connectivity index (χ3n) is 4.42. The molecule has 1 aliphatic rings. The first-order valence-electron chi connectivity index (χ1n) is 7.76. The zero-order valence-electron chi connectivity index (χ0n) is 13.6. The first-order valence-corrected chi connectivity index (χ1v) is 8.93. The number of halogens is 6. The number of alkyl halides is 3. The number of fused-ring (bicyclic) bond motifs is 3. The topological polar surface area (TPSA) is 67.2 Å². The lowest BCUT2D eigenvalue weighted by atomic mass is 9.93. The molecular formula is C17H9BrClF4N3O2. The monoisotopic (exact) mass is 477 g/mol. The second-order valence-corrected chi connectivity index (χ2v) is 7.51. The summed E-state index contributed by atoms with van der Waals surface area (Å²) in [7, 11) is 0. The SMILES string of the molecule is O=C1NC(O)(c2cc(F)ccc2Cl)c2c(Br)cc3c(ncn3CC(F)(F)F)c21. The van der Waals surface area contributed by atoms with E-state index in [1.165, 1.54) is 12.1 Å². The van der Waals surface area contributed by atoms with Crippen LogP contribution in [0.15, 0.2) is 35.1 Å². The predicted molar refractivity (Wildman–Crippen MR) is 95.4 cm³/mol. The van der Waals surface area contributed by atoms with Crippen LogP contribution in [0.3, 0.4) is 0 Å². The van der Waals surface area contributed by atoms with Gasteiger partial charge in [0.1, 0.15) is 17.9 Å².